The van der Waals surface area contributed by atoms with E-state index in [4.69, 9.17) is 4.74 Å². The maximum Gasteiger partial charge on any atom is 0.329 e. The zero-order valence-electron chi connectivity index (χ0n) is 18.5. The fourth-order valence-corrected chi connectivity index (χ4v) is 5.08. The highest BCUT2D eigenvalue weighted by Gasteiger charge is 2.31. The zero-order valence-corrected chi connectivity index (χ0v) is 18.5. The number of carbonyl (C=O) groups is 2. The van der Waals surface area contributed by atoms with Gasteiger partial charge in [-0.3, -0.25) is 24.0 Å². The zero-order chi connectivity index (χ0) is 22.2. The van der Waals surface area contributed by atoms with E-state index in [1.165, 1.54) is 5.56 Å². The molecule has 1 unspecified atom stereocenters. The first-order chi connectivity index (χ1) is 15.5. The van der Waals surface area contributed by atoms with Crippen molar-refractivity contribution < 1.29 is 14.3 Å². The average molecular weight is 442 g/mol. The molecule has 3 aliphatic heterocycles. The number of hydrogen-bond donors (Lipinski definition) is 2. The summed E-state index contributed by atoms with van der Waals surface area (Å²) in [7, 11) is 1.75. The first-order valence-electron chi connectivity index (χ1n) is 11.6. The lowest BCUT2D eigenvalue weighted by Gasteiger charge is -2.33. The highest BCUT2D eigenvalue weighted by molar-refractivity contribution is 6.00. The van der Waals surface area contributed by atoms with E-state index in [2.05, 4.69) is 27.7 Å². The van der Waals surface area contributed by atoms with Gasteiger partial charge in [0.2, 0.25) is 11.8 Å². The van der Waals surface area contributed by atoms with E-state index in [9.17, 15) is 14.4 Å². The third kappa shape index (κ3) is 4.00. The summed E-state index contributed by atoms with van der Waals surface area (Å²) in [5, 5.41) is 5.58. The van der Waals surface area contributed by atoms with Crippen molar-refractivity contribution in [1.82, 2.24) is 24.7 Å². The van der Waals surface area contributed by atoms with Crippen LogP contribution in [0.5, 0.6) is 0 Å². The average Bonchev–Trinajstić information content (AvgIpc) is 3.00. The number of fused-ring (bicyclic) bond motifs is 1. The maximum absolute atomic E-state index is 13.0. The number of carbonyl (C=O) groups excluding carboxylic acids is 2. The Bertz CT molecular complexity index is 1080. The molecule has 9 nitrogen and oxygen atoms in total. The molecule has 0 bridgehead atoms. The van der Waals surface area contributed by atoms with Gasteiger partial charge < -0.3 is 15.0 Å². The Morgan fingerprint density at radius 1 is 1.06 bits per heavy atom. The number of aromatic nitrogens is 2. The molecule has 2 amide bonds. The van der Waals surface area contributed by atoms with Gasteiger partial charge in [-0.25, -0.2) is 4.79 Å². The Kier molecular flexibility index (Phi) is 5.88. The van der Waals surface area contributed by atoms with Crippen LogP contribution in [-0.2, 0) is 21.4 Å². The molecule has 3 saturated heterocycles. The Hall–Kier alpha value is -2.49. The molecule has 0 radical (unpaired) electrons. The van der Waals surface area contributed by atoms with Gasteiger partial charge in [0.05, 0.1) is 23.7 Å². The smallest absolute Gasteiger partial charge is 0.329 e. The van der Waals surface area contributed by atoms with Crippen LogP contribution < -0.4 is 16.3 Å². The second-order valence-electron chi connectivity index (χ2n) is 9.19. The molecule has 1 aromatic carbocycles. The van der Waals surface area contributed by atoms with Crippen molar-refractivity contribution in [2.45, 2.75) is 43.7 Å². The predicted octanol–water partition coefficient (Wildman–Crippen LogP) is 0.486. The number of ether oxygens (including phenoxy) is 1. The fourth-order valence-electron chi connectivity index (χ4n) is 5.08. The van der Waals surface area contributed by atoms with Gasteiger partial charge in [-0.05, 0) is 56.0 Å². The number of amides is 2. The molecular weight excluding hydrogens is 410 g/mol. The van der Waals surface area contributed by atoms with E-state index in [1.54, 1.807) is 16.2 Å². The van der Waals surface area contributed by atoms with Gasteiger partial charge >= 0.3 is 5.69 Å². The summed E-state index contributed by atoms with van der Waals surface area (Å²) in [6.45, 7) is 5.80. The van der Waals surface area contributed by atoms with E-state index < -0.39 is 11.9 Å². The van der Waals surface area contributed by atoms with Crippen LogP contribution in [0.1, 0.15) is 43.2 Å². The number of imidazole rings is 1. The van der Waals surface area contributed by atoms with Crippen molar-refractivity contribution in [2.75, 3.05) is 39.3 Å². The van der Waals surface area contributed by atoms with Gasteiger partial charge in [-0.2, -0.15) is 0 Å². The number of nitrogens with one attached hydrogen (secondary N) is 2. The molecule has 1 aromatic heterocycles. The summed E-state index contributed by atoms with van der Waals surface area (Å²) in [6, 6.07) is 5.52. The Balaban J connectivity index is 1.28. The van der Waals surface area contributed by atoms with Gasteiger partial charge in [0.15, 0.2) is 0 Å². The third-order valence-corrected chi connectivity index (χ3v) is 7.20. The van der Waals surface area contributed by atoms with Gasteiger partial charge in [0.25, 0.3) is 0 Å². The number of hydrogen-bond acceptors (Lipinski definition) is 6. The Morgan fingerprint density at radius 3 is 2.53 bits per heavy atom. The van der Waals surface area contributed by atoms with E-state index >= 15 is 0 Å². The summed E-state index contributed by atoms with van der Waals surface area (Å²) < 4.78 is 9.00. The van der Waals surface area contributed by atoms with Crippen molar-refractivity contribution in [3.63, 3.8) is 0 Å². The lowest BCUT2D eigenvalue weighted by atomic mass is 9.89. The molecule has 1 atom stereocenters. The molecule has 0 aliphatic carbocycles. The second-order valence-corrected chi connectivity index (χ2v) is 9.19. The molecule has 32 heavy (non-hydrogen) atoms. The van der Waals surface area contributed by atoms with Crippen LogP contribution in [0.15, 0.2) is 23.0 Å². The van der Waals surface area contributed by atoms with Gasteiger partial charge in [0.1, 0.15) is 6.04 Å². The molecule has 0 saturated carbocycles. The molecule has 5 rings (SSSR count). The molecule has 0 spiro atoms. The Morgan fingerprint density at radius 2 is 1.84 bits per heavy atom. The monoisotopic (exact) mass is 441 g/mol. The minimum absolute atomic E-state index is 0.219. The second kappa shape index (κ2) is 8.80. The minimum Gasteiger partial charge on any atom is -0.374 e. The van der Waals surface area contributed by atoms with Crippen molar-refractivity contribution in [3.8, 4) is 0 Å². The number of rotatable bonds is 6. The molecule has 172 valence electrons. The molecule has 4 heterocycles. The quantitative estimate of drug-likeness (QED) is 0.633. The van der Waals surface area contributed by atoms with E-state index in [0.717, 1.165) is 63.2 Å². The minimum atomic E-state index is -0.643. The highest BCUT2D eigenvalue weighted by atomic mass is 16.5. The highest BCUT2D eigenvalue weighted by Crippen LogP contribution is 2.31. The van der Waals surface area contributed by atoms with Crippen LogP contribution in [0, 0.1) is 0 Å². The van der Waals surface area contributed by atoms with Crippen LogP contribution in [-0.4, -0.2) is 71.3 Å². The summed E-state index contributed by atoms with van der Waals surface area (Å²) in [4.78, 5) is 39.3. The van der Waals surface area contributed by atoms with Crippen molar-refractivity contribution in [2.24, 2.45) is 7.05 Å². The van der Waals surface area contributed by atoms with E-state index in [-0.39, 0.29) is 18.0 Å². The normalized spacial score (nSPS) is 23.5. The molecule has 2 aromatic rings. The Labute approximate surface area is 186 Å². The first kappa shape index (κ1) is 21.4. The standard InChI is InChI=1S/C23H31N5O4/c1-26-20-12-16(15-6-8-27(9-7-15)10-11-32-17-13-24-14-17)2-3-18(20)28(23(26)31)19-4-5-21(29)25-22(19)30/h2-3,12,15,17,19,24H,4-11,13-14H2,1H3,(H,25,29,30). The molecule has 2 N–H and O–H groups in total. The molecule has 9 heteroatoms. The third-order valence-electron chi connectivity index (χ3n) is 7.20. The summed E-state index contributed by atoms with van der Waals surface area (Å²) >= 11 is 0. The molecule has 3 fully saturated rings. The van der Waals surface area contributed by atoms with Crippen molar-refractivity contribution >= 4 is 22.8 Å². The van der Waals surface area contributed by atoms with Crippen LogP contribution in [0.25, 0.3) is 11.0 Å². The van der Waals surface area contributed by atoms with Gasteiger partial charge in [-0.1, -0.05) is 6.07 Å². The molecular formula is C23H31N5O4. The maximum atomic E-state index is 13.0. The lowest BCUT2D eigenvalue weighted by Crippen LogP contribution is -2.49. The van der Waals surface area contributed by atoms with Gasteiger partial charge in [0, 0.05) is 33.1 Å². The number of nitrogens with zero attached hydrogens (tertiary/aromatic N) is 3. The number of aryl methyl sites for hydroxylation is 1. The van der Waals surface area contributed by atoms with Gasteiger partial charge in [-0.15, -0.1) is 0 Å². The number of imide groups is 1. The number of benzene rings is 1. The summed E-state index contributed by atoms with van der Waals surface area (Å²) in [5.41, 5.74) is 2.60. The van der Waals surface area contributed by atoms with Crippen LogP contribution in [0.4, 0.5) is 0 Å². The van der Waals surface area contributed by atoms with Crippen LogP contribution in [0.2, 0.25) is 0 Å². The SMILES string of the molecule is Cn1c(=O)n(C2CCC(=O)NC2=O)c2ccc(C3CCN(CCOC4CNC4)CC3)cc21. The number of likely N-dealkylation sites (tertiary alicyclic amines) is 1. The van der Waals surface area contributed by atoms with Crippen LogP contribution in [0.3, 0.4) is 0 Å². The number of piperidine rings is 2. The lowest BCUT2D eigenvalue weighted by molar-refractivity contribution is -0.135. The van der Waals surface area contributed by atoms with E-state index in [1.807, 2.05) is 6.07 Å². The van der Waals surface area contributed by atoms with Crippen molar-refractivity contribution in [3.05, 3.63) is 34.2 Å². The molecule has 3 aliphatic rings. The first-order valence-corrected chi connectivity index (χ1v) is 11.6. The van der Waals surface area contributed by atoms with Crippen LogP contribution >= 0.6 is 0 Å². The largest absolute Gasteiger partial charge is 0.374 e. The van der Waals surface area contributed by atoms with Crippen molar-refractivity contribution in [1.29, 1.82) is 0 Å². The topological polar surface area (TPSA) is 97.6 Å². The fraction of sp³-hybridized carbons (Fsp3) is 0.609. The summed E-state index contributed by atoms with van der Waals surface area (Å²) in [5.74, 6) is -0.217. The summed E-state index contributed by atoms with van der Waals surface area (Å²) in [6.07, 6.45) is 3.15. The van der Waals surface area contributed by atoms with E-state index in [0.29, 0.717) is 18.4 Å². The predicted molar refractivity (Wildman–Crippen MR) is 120 cm³/mol.